The number of carbonyl (C=O) groups is 1. The van der Waals surface area contributed by atoms with Gasteiger partial charge in [0.25, 0.3) is 5.91 Å². The summed E-state index contributed by atoms with van der Waals surface area (Å²) in [5.74, 6) is 2.22. The molecule has 1 amide bonds. The van der Waals surface area contributed by atoms with Crippen LogP contribution < -0.4 is 5.32 Å². The molecule has 8 heteroatoms. The van der Waals surface area contributed by atoms with Gasteiger partial charge in [0.2, 0.25) is 0 Å². The van der Waals surface area contributed by atoms with Crippen LogP contribution in [0.1, 0.15) is 27.1 Å². The molecule has 4 heterocycles. The molecule has 0 spiro atoms. The number of ether oxygens (including phenoxy) is 1. The first kappa shape index (κ1) is 26.9. The molecule has 0 unspecified atom stereocenters. The van der Waals surface area contributed by atoms with E-state index in [9.17, 15) is 9.59 Å². The Morgan fingerprint density at radius 3 is 2.75 bits per heavy atom. The number of aromatic nitrogens is 2. The van der Waals surface area contributed by atoms with E-state index in [0.29, 0.717) is 24.4 Å². The van der Waals surface area contributed by atoms with E-state index in [1.54, 1.807) is 47.9 Å². The second-order valence-corrected chi connectivity index (χ2v) is 10.9. The summed E-state index contributed by atoms with van der Waals surface area (Å²) in [5, 5.41) is 3.97. The van der Waals surface area contributed by atoms with Gasteiger partial charge in [0, 0.05) is 58.5 Å². The van der Waals surface area contributed by atoms with Crippen molar-refractivity contribution in [2.75, 3.05) is 7.11 Å². The zero-order chi connectivity index (χ0) is 28.4. The van der Waals surface area contributed by atoms with Gasteiger partial charge >= 0.3 is 0 Å². The molecule has 0 fully saturated rings. The Kier molecular flexibility index (Phi) is 7.56. The van der Waals surface area contributed by atoms with Gasteiger partial charge in [-0.3, -0.25) is 4.79 Å². The largest absolute Gasteiger partial charge is 0.497 e. The smallest absolute Gasteiger partial charge is 0.254 e. The fraction of sp³-hybridized carbons (Fsp3) is 0.188. The summed E-state index contributed by atoms with van der Waals surface area (Å²) in [4.78, 5) is 33.5. The summed E-state index contributed by atoms with van der Waals surface area (Å²) in [6, 6.07) is 12.3. The van der Waals surface area contributed by atoms with Gasteiger partial charge in [-0.2, -0.15) is 0 Å². The number of hydrogen-bond acceptors (Lipinski definition) is 6. The Hall–Kier alpha value is -4.65. The lowest BCUT2D eigenvalue weighted by Gasteiger charge is -2.25. The highest BCUT2D eigenvalue weighted by Gasteiger charge is 2.23. The van der Waals surface area contributed by atoms with Crippen LogP contribution in [0.3, 0.4) is 0 Å². The number of aryl methyl sites for hydroxylation is 3. The van der Waals surface area contributed by atoms with Gasteiger partial charge in [-0.05, 0) is 60.9 Å². The summed E-state index contributed by atoms with van der Waals surface area (Å²) >= 11 is 1.60. The van der Waals surface area contributed by atoms with Gasteiger partial charge in [0.15, 0.2) is 5.94 Å². The fourth-order valence-corrected chi connectivity index (χ4v) is 5.66. The third kappa shape index (κ3) is 5.27. The molecular weight excluding hydrogens is 520 g/mol. The molecule has 0 saturated heterocycles. The number of hydrogen-bond donors (Lipinski definition) is 1. The number of thiophene rings is 1. The third-order valence-electron chi connectivity index (χ3n) is 7.07. The maximum atomic E-state index is 13.2. The Bertz CT molecular complexity index is 1750. The number of allylic oxidation sites excluding steroid dienone is 2. The highest BCUT2D eigenvalue weighted by atomic mass is 32.1. The van der Waals surface area contributed by atoms with Gasteiger partial charge in [-0.15, -0.1) is 11.3 Å². The highest BCUT2D eigenvalue weighted by molar-refractivity contribution is 7.15. The van der Waals surface area contributed by atoms with Gasteiger partial charge in [0.05, 0.1) is 19.2 Å². The number of fused-ring (bicyclic) bond motifs is 1. The Balaban J connectivity index is 1.29. The summed E-state index contributed by atoms with van der Waals surface area (Å²) in [6.07, 6.45) is 9.04. The molecule has 1 aliphatic heterocycles. The van der Waals surface area contributed by atoms with Crippen molar-refractivity contribution in [3.05, 3.63) is 112 Å². The number of rotatable bonds is 8. The van der Waals surface area contributed by atoms with Crippen LogP contribution in [-0.4, -0.2) is 33.4 Å². The van der Waals surface area contributed by atoms with Crippen LogP contribution in [0, 0.1) is 13.8 Å². The van der Waals surface area contributed by atoms with Crippen LogP contribution in [-0.2, 0) is 34.5 Å². The van der Waals surface area contributed by atoms with Crippen LogP contribution in [0.5, 0.6) is 0 Å². The van der Waals surface area contributed by atoms with E-state index < -0.39 is 0 Å². The highest BCUT2D eigenvalue weighted by Crippen LogP contribution is 2.35. The SMILES string of the molecule is C=C(OC)c1cnc2c(c1)c(-c1ccc(CNC(=O)C3=CC=CN(Cc4ccc(C)c(C)c4)C3=C=O)s1)cn2C. The number of benzene rings is 1. The van der Waals surface area contributed by atoms with Crippen molar-refractivity contribution in [1.82, 2.24) is 19.8 Å². The van der Waals surface area contributed by atoms with Gasteiger partial charge < -0.3 is 19.5 Å². The summed E-state index contributed by atoms with van der Waals surface area (Å²) in [5.41, 5.74) is 6.70. The molecule has 0 aliphatic carbocycles. The minimum atomic E-state index is -0.320. The minimum absolute atomic E-state index is 0.224. The molecule has 0 radical (unpaired) electrons. The molecule has 1 N–H and O–H groups in total. The van der Waals surface area contributed by atoms with Gasteiger partial charge in [-0.1, -0.05) is 24.8 Å². The predicted molar refractivity (Wildman–Crippen MR) is 160 cm³/mol. The first-order valence-corrected chi connectivity index (χ1v) is 13.6. The zero-order valence-electron chi connectivity index (χ0n) is 22.9. The molecule has 0 bridgehead atoms. The van der Waals surface area contributed by atoms with Crippen molar-refractivity contribution < 1.29 is 14.3 Å². The van der Waals surface area contributed by atoms with Crippen molar-refractivity contribution >= 4 is 40.0 Å². The van der Waals surface area contributed by atoms with E-state index in [0.717, 1.165) is 37.5 Å². The lowest BCUT2D eigenvalue weighted by Crippen LogP contribution is -2.30. The van der Waals surface area contributed by atoms with E-state index in [4.69, 9.17) is 4.74 Å². The molecule has 202 valence electrons. The van der Waals surface area contributed by atoms with Crippen LogP contribution >= 0.6 is 11.3 Å². The number of carbonyl (C=O) groups excluding carboxylic acids is 2. The van der Waals surface area contributed by atoms with Crippen LogP contribution in [0.4, 0.5) is 0 Å². The number of nitrogens with zero attached hydrogens (tertiary/aromatic N) is 3. The second-order valence-electron chi connectivity index (χ2n) is 9.74. The standard InChI is InChI=1S/C32H30N4O3S/c1-20-8-9-23(13-21(20)2)17-36-12-6-7-26(29(36)19-37)32(38)34-16-25-10-11-30(40-25)28-18-35(4)31-27(28)14-24(15-33-31)22(3)39-5/h6-15,18H,3,16-17H2,1-2,4-5H3,(H,34,38). The normalized spacial score (nSPS) is 12.8. The van der Waals surface area contributed by atoms with Crippen molar-refractivity contribution in [3.8, 4) is 10.4 Å². The lowest BCUT2D eigenvalue weighted by atomic mass is 10.0. The first-order valence-electron chi connectivity index (χ1n) is 12.8. The summed E-state index contributed by atoms with van der Waals surface area (Å²) in [7, 11) is 3.56. The average molecular weight is 551 g/mol. The predicted octanol–water partition coefficient (Wildman–Crippen LogP) is 5.82. The van der Waals surface area contributed by atoms with Crippen molar-refractivity contribution in [2.24, 2.45) is 7.05 Å². The number of pyridine rings is 1. The van der Waals surface area contributed by atoms with Crippen LogP contribution in [0.25, 0.3) is 27.2 Å². The Labute approximate surface area is 237 Å². The van der Waals surface area contributed by atoms with Crippen molar-refractivity contribution in [2.45, 2.75) is 26.9 Å². The van der Waals surface area contributed by atoms with Gasteiger partial charge in [0.1, 0.15) is 17.1 Å². The molecule has 7 nitrogen and oxygen atoms in total. The monoisotopic (exact) mass is 550 g/mol. The first-order chi connectivity index (χ1) is 19.3. The van der Waals surface area contributed by atoms with Gasteiger partial charge in [-0.25, -0.2) is 9.78 Å². The van der Waals surface area contributed by atoms with E-state index in [-0.39, 0.29) is 11.6 Å². The molecule has 4 aromatic rings. The molecule has 5 rings (SSSR count). The summed E-state index contributed by atoms with van der Waals surface area (Å²) < 4.78 is 7.28. The topological polar surface area (TPSA) is 76.5 Å². The number of methoxy groups -OCH3 is 1. The van der Waals surface area contributed by atoms with Crippen LogP contribution in [0.15, 0.2) is 85.0 Å². The summed E-state index contributed by atoms with van der Waals surface area (Å²) in [6.45, 7) is 8.87. The van der Waals surface area contributed by atoms with Crippen molar-refractivity contribution in [1.29, 1.82) is 0 Å². The van der Waals surface area contributed by atoms with E-state index in [1.807, 2.05) is 41.8 Å². The Morgan fingerprint density at radius 1 is 1.18 bits per heavy atom. The number of nitrogens with one attached hydrogen (secondary N) is 1. The molecule has 40 heavy (non-hydrogen) atoms. The Morgan fingerprint density at radius 2 is 2.00 bits per heavy atom. The third-order valence-corrected chi connectivity index (χ3v) is 8.19. The quantitative estimate of drug-likeness (QED) is 0.221. The van der Waals surface area contributed by atoms with E-state index in [2.05, 4.69) is 49.1 Å². The molecule has 3 aromatic heterocycles. The lowest BCUT2D eigenvalue weighted by molar-refractivity contribution is -0.117. The molecule has 1 aliphatic rings. The number of amides is 1. The minimum Gasteiger partial charge on any atom is -0.497 e. The fourth-order valence-electron chi connectivity index (χ4n) is 4.69. The molecule has 0 saturated carbocycles. The second kappa shape index (κ2) is 11.2. The van der Waals surface area contributed by atoms with Crippen LogP contribution in [0.2, 0.25) is 0 Å². The average Bonchev–Trinajstić information content (AvgIpc) is 3.57. The molecular formula is C32H30N4O3S. The maximum Gasteiger partial charge on any atom is 0.254 e. The zero-order valence-corrected chi connectivity index (χ0v) is 23.8. The molecule has 0 atom stereocenters. The van der Waals surface area contributed by atoms with E-state index >= 15 is 0 Å². The maximum absolute atomic E-state index is 13.2. The molecule has 1 aromatic carbocycles. The van der Waals surface area contributed by atoms with E-state index in [1.165, 1.54) is 11.1 Å². The van der Waals surface area contributed by atoms with Crippen molar-refractivity contribution in [3.63, 3.8) is 0 Å².